The van der Waals surface area contributed by atoms with E-state index in [9.17, 15) is 4.79 Å². The highest BCUT2D eigenvalue weighted by Crippen LogP contribution is 2.36. The number of anilines is 1. The fourth-order valence-electron chi connectivity index (χ4n) is 3.23. The first-order chi connectivity index (χ1) is 10.1. The minimum absolute atomic E-state index is 0.149. The maximum atomic E-state index is 12.8. The quantitative estimate of drug-likeness (QED) is 0.822. The molecule has 1 aliphatic heterocycles. The molecule has 3 nitrogen and oxygen atoms in total. The largest absolute Gasteiger partial charge is 0.439 e. The molecule has 0 atom stereocenters. The van der Waals surface area contributed by atoms with Crippen LogP contribution in [0.3, 0.4) is 0 Å². The van der Waals surface area contributed by atoms with Crippen molar-refractivity contribution in [1.82, 2.24) is 0 Å². The van der Waals surface area contributed by atoms with Crippen LogP contribution in [0.15, 0.2) is 25.8 Å². The molecule has 0 N–H and O–H groups in total. The fourth-order valence-corrected chi connectivity index (χ4v) is 3.89. The van der Waals surface area contributed by atoms with Gasteiger partial charge in [0.15, 0.2) is 11.0 Å². The van der Waals surface area contributed by atoms with Gasteiger partial charge in [-0.2, -0.15) is 0 Å². The van der Waals surface area contributed by atoms with Gasteiger partial charge in [-0.05, 0) is 72.2 Å². The van der Waals surface area contributed by atoms with Gasteiger partial charge in [0.05, 0.1) is 15.4 Å². The number of fused-ring (bicyclic) bond motifs is 2. The molecule has 0 saturated heterocycles. The van der Waals surface area contributed by atoms with E-state index in [2.05, 4.69) is 20.8 Å². The molecule has 21 heavy (non-hydrogen) atoms. The average molecular weight is 348 g/mol. The Morgan fingerprint density at radius 1 is 1.38 bits per heavy atom. The van der Waals surface area contributed by atoms with Gasteiger partial charge in [0.2, 0.25) is 5.88 Å². The van der Waals surface area contributed by atoms with Gasteiger partial charge in [0, 0.05) is 13.1 Å². The van der Waals surface area contributed by atoms with Gasteiger partial charge in [0.25, 0.3) is 0 Å². The van der Waals surface area contributed by atoms with Crippen LogP contribution in [0, 0.1) is 12.8 Å². The second-order valence-corrected chi connectivity index (χ2v) is 7.19. The summed E-state index contributed by atoms with van der Waals surface area (Å²) in [5.41, 5.74) is 2.78. The highest BCUT2D eigenvalue weighted by atomic mass is 79.9. The summed E-state index contributed by atoms with van der Waals surface area (Å²) in [5.74, 6) is 1.61. The molecular weight excluding hydrogens is 330 g/mol. The summed E-state index contributed by atoms with van der Waals surface area (Å²) >= 11 is 3.54. The SMILES string of the molecule is Cc1cc(Br)c2oc3c(c(=O)c2c1)CCCN3CC1CC1. The third-order valence-corrected chi connectivity index (χ3v) is 5.07. The molecule has 4 rings (SSSR count). The van der Waals surface area contributed by atoms with Crippen LogP contribution in [0.5, 0.6) is 0 Å². The van der Waals surface area contributed by atoms with Crippen molar-refractivity contribution in [2.45, 2.75) is 32.6 Å². The predicted molar refractivity (Wildman–Crippen MR) is 88.2 cm³/mol. The van der Waals surface area contributed by atoms with Gasteiger partial charge in [-0.1, -0.05) is 0 Å². The van der Waals surface area contributed by atoms with Crippen molar-refractivity contribution >= 4 is 32.8 Å². The number of hydrogen-bond acceptors (Lipinski definition) is 3. The monoisotopic (exact) mass is 347 g/mol. The van der Waals surface area contributed by atoms with Crippen LogP contribution >= 0.6 is 15.9 Å². The standard InChI is InChI=1S/C17H18BrNO2/c1-10-7-13-15(20)12-3-2-6-19(9-11-4-5-11)17(12)21-16(13)14(18)8-10/h7-8,11H,2-6,9H2,1H3. The van der Waals surface area contributed by atoms with Gasteiger partial charge < -0.3 is 9.32 Å². The third kappa shape index (κ3) is 2.30. The summed E-state index contributed by atoms with van der Waals surface area (Å²) in [7, 11) is 0. The van der Waals surface area contributed by atoms with Crippen LogP contribution in [-0.2, 0) is 6.42 Å². The molecule has 0 spiro atoms. The highest BCUT2D eigenvalue weighted by molar-refractivity contribution is 9.10. The predicted octanol–water partition coefficient (Wildman–Crippen LogP) is 4.03. The van der Waals surface area contributed by atoms with E-state index in [0.717, 1.165) is 53.3 Å². The van der Waals surface area contributed by atoms with Crippen LogP contribution in [0.25, 0.3) is 11.0 Å². The molecule has 0 unspecified atom stereocenters. The molecule has 0 bridgehead atoms. The van der Waals surface area contributed by atoms with Crippen LogP contribution in [0.2, 0.25) is 0 Å². The molecular formula is C17H18BrNO2. The van der Waals surface area contributed by atoms with Crippen molar-refractivity contribution in [2.24, 2.45) is 5.92 Å². The molecule has 0 radical (unpaired) electrons. The summed E-state index contributed by atoms with van der Waals surface area (Å²) in [6.07, 6.45) is 4.50. The molecule has 2 aromatic rings. The van der Waals surface area contributed by atoms with Crippen LogP contribution in [-0.4, -0.2) is 13.1 Å². The summed E-state index contributed by atoms with van der Waals surface area (Å²) in [6, 6.07) is 3.94. The van der Waals surface area contributed by atoms with Crippen molar-refractivity contribution in [3.8, 4) is 0 Å². The highest BCUT2D eigenvalue weighted by Gasteiger charge is 2.30. The van der Waals surface area contributed by atoms with Crippen molar-refractivity contribution < 1.29 is 4.42 Å². The molecule has 0 amide bonds. The first-order valence-corrected chi connectivity index (χ1v) is 8.43. The van der Waals surface area contributed by atoms with Crippen molar-refractivity contribution in [2.75, 3.05) is 18.0 Å². The Balaban J connectivity index is 1.93. The van der Waals surface area contributed by atoms with E-state index in [-0.39, 0.29) is 5.43 Å². The average Bonchev–Trinajstić information content (AvgIpc) is 3.25. The number of benzene rings is 1. The summed E-state index contributed by atoms with van der Waals surface area (Å²) in [4.78, 5) is 15.1. The number of aryl methyl sites for hydroxylation is 1. The van der Waals surface area contributed by atoms with Gasteiger partial charge in [-0.3, -0.25) is 4.79 Å². The first-order valence-electron chi connectivity index (χ1n) is 7.64. The van der Waals surface area contributed by atoms with Crippen molar-refractivity contribution in [1.29, 1.82) is 0 Å². The first kappa shape index (κ1) is 13.4. The van der Waals surface area contributed by atoms with E-state index in [4.69, 9.17) is 4.42 Å². The molecule has 4 heteroatoms. The lowest BCUT2D eigenvalue weighted by atomic mass is 10.0. The van der Waals surface area contributed by atoms with Crippen LogP contribution < -0.4 is 10.3 Å². The maximum absolute atomic E-state index is 12.8. The van der Waals surface area contributed by atoms with E-state index >= 15 is 0 Å². The summed E-state index contributed by atoms with van der Waals surface area (Å²) in [6.45, 7) is 4.04. The normalized spacial score (nSPS) is 18.1. The number of hydrogen-bond donors (Lipinski definition) is 0. The number of rotatable bonds is 2. The lowest BCUT2D eigenvalue weighted by Gasteiger charge is -2.29. The van der Waals surface area contributed by atoms with Gasteiger partial charge in [0.1, 0.15) is 0 Å². The zero-order chi connectivity index (χ0) is 14.6. The Bertz CT molecular complexity index is 776. The van der Waals surface area contributed by atoms with Crippen molar-refractivity contribution in [3.63, 3.8) is 0 Å². The Hall–Kier alpha value is -1.29. The van der Waals surface area contributed by atoms with E-state index < -0.39 is 0 Å². The second-order valence-electron chi connectivity index (χ2n) is 6.33. The van der Waals surface area contributed by atoms with Gasteiger partial charge in [-0.25, -0.2) is 0 Å². The molecule has 1 aliphatic carbocycles. The summed E-state index contributed by atoms with van der Waals surface area (Å²) < 4.78 is 7.04. The maximum Gasteiger partial charge on any atom is 0.203 e. The minimum Gasteiger partial charge on any atom is -0.439 e. The Morgan fingerprint density at radius 2 is 2.19 bits per heavy atom. The number of halogens is 1. The lowest BCUT2D eigenvalue weighted by Crippen LogP contribution is -2.33. The van der Waals surface area contributed by atoms with E-state index in [1.165, 1.54) is 12.8 Å². The molecule has 110 valence electrons. The fraction of sp³-hybridized carbons (Fsp3) is 0.471. The molecule has 1 saturated carbocycles. The zero-order valence-corrected chi connectivity index (χ0v) is 13.7. The van der Waals surface area contributed by atoms with E-state index in [1.807, 2.05) is 19.1 Å². The molecule has 1 fully saturated rings. The van der Waals surface area contributed by atoms with Crippen LogP contribution in [0.4, 0.5) is 5.88 Å². The Morgan fingerprint density at radius 3 is 2.95 bits per heavy atom. The molecule has 2 heterocycles. The van der Waals surface area contributed by atoms with E-state index in [1.54, 1.807) is 0 Å². The zero-order valence-electron chi connectivity index (χ0n) is 12.1. The Kier molecular flexibility index (Phi) is 3.10. The van der Waals surface area contributed by atoms with Crippen molar-refractivity contribution in [3.05, 3.63) is 38.0 Å². The lowest BCUT2D eigenvalue weighted by molar-refractivity contribution is 0.522. The summed E-state index contributed by atoms with van der Waals surface area (Å²) in [5, 5.41) is 0.703. The minimum atomic E-state index is 0.149. The number of nitrogens with zero attached hydrogens (tertiary/aromatic N) is 1. The molecule has 1 aromatic carbocycles. The van der Waals surface area contributed by atoms with Gasteiger partial charge in [-0.15, -0.1) is 0 Å². The smallest absolute Gasteiger partial charge is 0.203 e. The van der Waals surface area contributed by atoms with Gasteiger partial charge >= 0.3 is 0 Å². The third-order valence-electron chi connectivity index (χ3n) is 4.48. The Labute approximate surface area is 132 Å². The second kappa shape index (κ2) is 4.87. The topological polar surface area (TPSA) is 33.5 Å². The molecule has 1 aromatic heterocycles. The van der Waals surface area contributed by atoms with Crippen LogP contribution in [0.1, 0.15) is 30.4 Å². The molecule has 2 aliphatic rings. The van der Waals surface area contributed by atoms with E-state index in [0.29, 0.717) is 11.0 Å².